The number of amides is 1. The molecule has 0 N–H and O–H groups in total. The second kappa shape index (κ2) is 8.23. The van der Waals surface area contributed by atoms with E-state index in [4.69, 9.17) is 9.72 Å². The highest BCUT2D eigenvalue weighted by molar-refractivity contribution is 7.22. The molecule has 0 aliphatic rings. The number of para-hydroxylation sites is 1. The number of pyridine rings is 1. The van der Waals surface area contributed by atoms with E-state index in [1.807, 2.05) is 67.9 Å². The number of carbonyl (C=O) groups is 1. The van der Waals surface area contributed by atoms with E-state index >= 15 is 0 Å². The van der Waals surface area contributed by atoms with Crippen molar-refractivity contribution in [3.8, 4) is 5.75 Å². The molecule has 0 radical (unpaired) electrons. The van der Waals surface area contributed by atoms with Crippen molar-refractivity contribution in [1.82, 2.24) is 19.7 Å². The minimum Gasteiger partial charge on any atom is -0.494 e. The Bertz CT molecular complexity index is 1180. The Hall–Kier alpha value is -3.26. The first kappa shape index (κ1) is 20.0. The maximum absolute atomic E-state index is 13.5. The summed E-state index contributed by atoms with van der Waals surface area (Å²) in [6.07, 6.45) is 1.72. The number of fused-ring (bicyclic) bond motifs is 1. The molecule has 0 aliphatic carbocycles. The lowest BCUT2D eigenvalue weighted by Gasteiger charge is -2.18. The molecule has 4 rings (SSSR count). The van der Waals surface area contributed by atoms with Crippen LogP contribution >= 0.6 is 11.3 Å². The first-order valence-electron chi connectivity index (χ1n) is 9.69. The molecule has 4 aromatic rings. The molecule has 1 aromatic carbocycles. The fourth-order valence-electron chi connectivity index (χ4n) is 3.33. The monoisotopic (exact) mass is 421 g/mol. The van der Waals surface area contributed by atoms with E-state index in [9.17, 15) is 4.79 Å². The van der Waals surface area contributed by atoms with E-state index in [1.54, 1.807) is 18.2 Å². The van der Waals surface area contributed by atoms with Crippen LogP contribution in [0.5, 0.6) is 5.75 Å². The lowest BCUT2D eigenvalue weighted by atomic mass is 10.3. The average Bonchev–Trinajstić information content (AvgIpc) is 3.35. The average molecular weight is 422 g/mol. The van der Waals surface area contributed by atoms with Gasteiger partial charge in [-0.15, -0.1) is 0 Å². The highest BCUT2D eigenvalue weighted by Crippen LogP contribution is 2.35. The number of ether oxygens (including phenoxy) is 1. The zero-order chi connectivity index (χ0) is 21.3. The molecule has 1 amide bonds. The second-order valence-electron chi connectivity index (χ2n) is 7.23. The number of methoxy groups -OCH3 is 1. The van der Waals surface area contributed by atoms with Crippen molar-refractivity contribution in [2.24, 2.45) is 0 Å². The minimum atomic E-state index is -0.207. The Morgan fingerprint density at radius 2 is 2.07 bits per heavy atom. The number of hydrogen-bond acceptors (Lipinski definition) is 6. The Balaban J connectivity index is 1.78. The van der Waals surface area contributed by atoms with Gasteiger partial charge in [0.25, 0.3) is 5.91 Å². The third-order valence-electron chi connectivity index (χ3n) is 4.74. The second-order valence-corrected chi connectivity index (χ2v) is 8.23. The van der Waals surface area contributed by atoms with E-state index in [0.29, 0.717) is 23.1 Å². The van der Waals surface area contributed by atoms with Crippen molar-refractivity contribution < 1.29 is 9.53 Å². The van der Waals surface area contributed by atoms with Gasteiger partial charge in [0.15, 0.2) is 10.8 Å². The number of benzene rings is 1. The highest BCUT2D eigenvalue weighted by atomic mass is 32.1. The highest BCUT2D eigenvalue weighted by Gasteiger charge is 2.25. The number of nitrogens with zero attached hydrogens (tertiary/aromatic N) is 5. The quantitative estimate of drug-likeness (QED) is 0.454. The largest absolute Gasteiger partial charge is 0.494 e. The summed E-state index contributed by atoms with van der Waals surface area (Å²) in [5.41, 5.74) is 2.85. The van der Waals surface area contributed by atoms with Gasteiger partial charge in [-0.1, -0.05) is 23.5 Å². The third-order valence-corrected chi connectivity index (χ3v) is 5.79. The molecule has 0 saturated heterocycles. The fourth-order valence-corrected chi connectivity index (χ4v) is 4.31. The smallest absolute Gasteiger partial charge is 0.280 e. The van der Waals surface area contributed by atoms with Gasteiger partial charge in [-0.25, -0.2) is 4.98 Å². The van der Waals surface area contributed by atoms with Crippen LogP contribution in [0.15, 0.2) is 48.7 Å². The zero-order valence-corrected chi connectivity index (χ0v) is 18.2. The summed E-state index contributed by atoms with van der Waals surface area (Å²) in [6, 6.07) is 13.4. The van der Waals surface area contributed by atoms with Gasteiger partial charge in [-0.2, -0.15) is 5.10 Å². The third kappa shape index (κ3) is 3.78. The Morgan fingerprint density at radius 3 is 2.73 bits per heavy atom. The van der Waals surface area contributed by atoms with Crippen molar-refractivity contribution >= 4 is 32.6 Å². The standard InChI is InChI=1S/C22H23N5O2S/c1-14(2)27-15(3)12-17(25-27)21(28)26(13-16-8-5-6-11-23-16)22-24-20-18(29-4)9-7-10-19(20)30-22/h5-12,14H,13H2,1-4H3. The predicted octanol–water partition coefficient (Wildman–Crippen LogP) is 4.63. The summed E-state index contributed by atoms with van der Waals surface area (Å²) in [4.78, 5) is 24.3. The molecule has 0 aliphatic heterocycles. The zero-order valence-electron chi connectivity index (χ0n) is 17.4. The summed E-state index contributed by atoms with van der Waals surface area (Å²) < 4.78 is 8.25. The van der Waals surface area contributed by atoms with E-state index in [0.717, 1.165) is 21.6 Å². The number of aryl methyl sites for hydroxylation is 1. The maximum Gasteiger partial charge on any atom is 0.280 e. The van der Waals surface area contributed by atoms with Crippen LogP contribution in [0.25, 0.3) is 10.2 Å². The van der Waals surface area contributed by atoms with Crippen LogP contribution in [0, 0.1) is 6.92 Å². The molecule has 3 heterocycles. The SMILES string of the molecule is COc1cccc2sc(N(Cc3ccccn3)C(=O)c3cc(C)n(C(C)C)n3)nc12. The van der Waals surface area contributed by atoms with Crippen LogP contribution in [-0.2, 0) is 6.54 Å². The molecule has 8 heteroatoms. The van der Waals surface area contributed by atoms with Gasteiger partial charge in [0.05, 0.1) is 24.0 Å². The molecule has 0 unspecified atom stereocenters. The van der Waals surface area contributed by atoms with Crippen LogP contribution in [0.4, 0.5) is 5.13 Å². The molecule has 154 valence electrons. The molecule has 0 fully saturated rings. The van der Waals surface area contributed by atoms with Gasteiger partial charge >= 0.3 is 0 Å². The number of thiazole rings is 1. The van der Waals surface area contributed by atoms with Gasteiger partial charge < -0.3 is 4.74 Å². The lowest BCUT2D eigenvalue weighted by molar-refractivity contribution is 0.0979. The number of carbonyl (C=O) groups excluding carboxylic acids is 1. The van der Waals surface area contributed by atoms with Crippen molar-refractivity contribution in [1.29, 1.82) is 0 Å². The molecule has 0 spiro atoms. The fraction of sp³-hybridized carbons (Fsp3) is 0.273. The van der Waals surface area contributed by atoms with Crippen molar-refractivity contribution in [3.05, 3.63) is 65.7 Å². The number of rotatable bonds is 6. The van der Waals surface area contributed by atoms with Crippen LogP contribution in [0.1, 0.15) is 41.8 Å². The Kier molecular flexibility index (Phi) is 5.50. The summed E-state index contributed by atoms with van der Waals surface area (Å²) in [5.74, 6) is 0.473. The first-order chi connectivity index (χ1) is 14.5. The van der Waals surface area contributed by atoms with Gasteiger partial charge in [0.2, 0.25) is 0 Å². The number of hydrogen-bond donors (Lipinski definition) is 0. The van der Waals surface area contributed by atoms with Gasteiger partial charge in [0.1, 0.15) is 11.3 Å². The van der Waals surface area contributed by atoms with E-state index in [2.05, 4.69) is 10.1 Å². The molecule has 3 aromatic heterocycles. The molecular weight excluding hydrogens is 398 g/mol. The molecule has 30 heavy (non-hydrogen) atoms. The van der Waals surface area contributed by atoms with Crippen LogP contribution in [0.2, 0.25) is 0 Å². The van der Waals surface area contributed by atoms with Gasteiger partial charge in [0, 0.05) is 17.9 Å². The summed E-state index contributed by atoms with van der Waals surface area (Å²) in [6.45, 7) is 6.34. The summed E-state index contributed by atoms with van der Waals surface area (Å²) in [5, 5.41) is 5.13. The van der Waals surface area contributed by atoms with Crippen LogP contribution in [0.3, 0.4) is 0 Å². The van der Waals surface area contributed by atoms with Crippen molar-refractivity contribution in [2.75, 3.05) is 12.0 Å². The van der Waals surface area contributed by atoms with E-state index < -0.39 is 0 Å². The Morgan fingerprint density at radius 1 is 1.23 bits per heavy atom. The normalized spacial score (nSPS) is 11.2. The molecule has 0 atom stereocenters. The number of aromatic nitrogens is 4. The predicted molar refractivity (Wildman–Crippen MR) is 118 cm³/mol. The van der Waals surface area contributed by atoms with Gasteiger partial charge in [-0.05, 0) is 51.1 Å². The topological polar surface area (TPSA) is 73.1 Å². The number of anilines is 1. The van der Waals surface area contributed by atoms with E-state index in [-0.39, 0.29) is 11.9 Å². The summed E-state index contributed by atoms with van der Waals surface area (Å²) >= 11 is 1.45. The minimum absolute atomic E-state index is 0.169. The maximum atomic E-state index is 13.5. The molecule has 0 saturated carbocycles. The molecule has 0 bridgehead atoms. The first-order valence-corrected chi connectivity index (χ1v) is 10.5. The molecular formula is C22H23N5O2S. The lowest BCUT2D eigenvalue weighted by Crippen LogP contribution is -2.31. The van der Waals surface area contributed by atoms with Gasteiger partial charge in [-0.3, -0.25) is 19.4 Å². The van der Waals surface area contributed by atoms with E-state index in [1.165, 1.54) is 11.3 Å². The molecule has 7 nitrogen and oxygen atoms in total. The van der Waals surface area contributed by atoms with Crippen LogP contribution in [-0.4, -0.2) is 32.8 Å². The Labute approximate surface area is 179 Å². The van der Waals surface area contributed by atoms with Crippen molar-refractivity contribution in [2.45, 2.75) is 33.4 Å². The van der Waals surface area contributed by atoms with Crippen molar-refractivity contribution in [3.63, 3.8) is 0 Å². The van der Waals surface area contributed by atoms with Crippen LogP contribution < -0.4 is 9.64 Å². The summed E-state index contributed by atoms with van der Waals surface area (Å²) in [7, 11) is 1.62.